The fraction of sp³-hybridized carbons (Fsp3) is 0.182. The third-order valence-electron chi connectivity index (χ3n) is 2.20. The lowest BCUT2D eigenvalue weighted by atomic mass is 10.2. The van der Waals surface area contributed by atoms with Gasteiger partial charge in [0, 0.05) is 16.9 Å². The molecule has 0 aliphatic carbocycles. The smallest absolute Gasteiger partial charge is 0.110 e. The number of hydrogen-bond acceptors (Lipinski definition) is 2. The van der Waals surface area contributed by atoms with Gasteiger partial charge in [-0.25, -0.2) is 0 Å². The van der Waals surface area contributed by atoms with E-state index in [-0.39, 0.29) is 0 Å². The molecule has 0 aliphatic heterocycles. The number of hydrogen-bond donors (Lipinski definition) is 0. The minimum Gasteiger partial charge on any atom is -0.319 e. The second-order valence-corrected chi connectivity index (χ2v) is 6.88. The molecule has 2 aromatic rings. The molecule has 3 heteroatoms. The summed E-state index contributed by atoms with van der Waals surface area (Å²) in [5, 5.41) is 1.92. The maximum absolute atomic E-state index is 12.0. The Kier molecular flexibility index (Phi) is 2.16. The standard InChI is InChI=1S/C11H12NOP/c1-14(2,13)11-7-3-6-10-9(11)5-4-8-12-10/h3-8H,1-2H3. The number of rotatable bonds is 1. The lowest BCUT2D eigenvalue weighted by molar-refractivity contribution is 0.588. The second-order valence-electron chi connectivity index (χ2n) is 3.70. The molecule has 0 spiro atoms. The fourth-order valence-corrected chi connectivity index (χ4v) is 2.77. The van der Waals surface area contributed by atoms with Crippen molar-refractivity contribution in [3.63, 3.8) is 0 Å². The predicted octanol–water partition coefficient (Wildman–Crippen LogP) is 2.48. The Morgan fingerprint density at radius 1 is 1.14 bits per heavy atom. The highest BCUT2D eigenvalue weighted by Gasteiger charge is 2.13. The van der Waals surface area contributed by atoms with Crippen LogP contribution >= 0.6 is 7.14 Å². The van der Waals surface area contributed by atoms with E-state index in [1.165, 1.54) is 0 Å². The number of nitrogens with zero attached hydrogens (tertiary/aromatic N) is 1. The predicted molar refractivity (Wildman–Crippen MR) is 60.8 cm³/mol. The van der Waals surface area contributed by atoms with Gasteiger partial charge >= 0.3 is 0 Å². The zero-order valence-corrected chi connectivity index (χ0v) is 9.16. The number of benzene rings is 1. The largest absolute Gasteiger partial charge is 0.319 e. The van der Waals surface area contributed by atoms with Gasteiger partial charge < -0.3 is 4.57 Å². The second kappa shape index (κ2) is 3.21. The molecule has 0 aliphatic rings. The van der Waals surface area contributed by atoms with Crippen molar-refractivity contribution in [3.05, 3.63) is 36.5 Å². The minimum absolute atomic E-state index is 0.911. The summed E-state index contributed by atoms with van der Waals surface area (Å²) < 4.78 is 12.0. The summed E-state index contributed by atoms with van der Waals surface area (Å²) in [5.41, 5.74) is 0.911. The van der Waals surface area contributed by atoms with E-state index in [1.807, 2.05) is 30.3 Å². The quantitative estimate of drug-likeness (QED) is 0.669. The summed E-state index contributed by atoms with van der Waals surface area (Å²) in [6, 6.07) is 9.61. The Hall–Kier alpha value is -1.14. The zero-order valence-electron chi connectivity index (χ0n) is 8.27. The highest BCUT2D eigenvalue weighted by molar-refractivity contribution is 7.70. The van der Waals surface area contributed by atoms with Crippen molar-refractivity contribution in [2.24, 2.45) is 0 Å². The van der Waals surface area contributed by atoms with Gasteiger partial charge in [0.2, 0.25) is 0 Å². The van der Waals surface area contributed by atoms with Crippen molar-refractivity contribution in [2.45, 2.75) is 0 Å². The van der Waals surface area contributed by atoms with Crippen LogP contribution in [0.3, 0.4) is 0 Å². The molecule has 0 fully saturated rings. The van der Waals surface area contributed by atoms with Crippen molar-refractivity contribution >= 4 is 23.3 Å². The summed E-state index contributed by atoms with van der Waals surface area (Å²) in [6.07, 6.45) is 1.75. The monoisotopic (exact) mass is 205 g/mol. The van der Waals surface area contributed by atoms with Gasteiger partial charge in [0.25, 0.3) is 0 Å². The molecule has 0 unspecified atom stereocenters. The van der Waals surface area contributed by atoms with Crippen molar-refractivity contribution < 1.29 is 4.57 Å². The maximum Gasteiger partial charge on any atom is 0.110 e. The molecule has 0 saturated carbocycles. The third-order valence-corrected chi connectivity index (χ3v) is 3.75. The third kappa shape index (κ3) is 1.58. The van der Waals surface area contributed by atoms with Crippen LogP contribution in [0.25, 0.3) is 10.9 Å². The molecule has 1 aromatic carbocycles. The molecule has 0 amide bonds. The van der Waals surface area contributed by atoms with Gasteiger partial charge in [-0.3, -0.25) is 4.98 Å². The van der Waals surface area contributed by atoms with E-state index in [0.717, 1.165) is 16.2 Å². The maximum atomic E-state index is 12.0. The van der Waals surface area contributed by atoms with Crippen LogP contribution in [0.1, 0.15) is 0 Å². The molecule has 0 N–H and O–H groups in total. The molecule has 2 nitrogen and oxygen atoms in total. The summed E-state index contributed by atoms with van der Waals surface area (Å²) in [4.78, 5) is 4.23. The van der Waals surface area contributed by atoms with Crippen LogP contribution in [0.4, 0.5) is 0 Å². The molecule has 0 saturated heterocycles. The van der Waals surface area contributed by atoms with Crippen LogP contribution in [0.2, 0.25) is 0 Å². The molecular formula is C11H12NOP. The highest BCUT2D eigenvalue weighted by Crippen LogP contribution is 2.36. The first-order valence-corrected chi connectivity index (χ1v) is 7.08. The van der Waals surface area contributed by atoms with Crippen LogP contribution in [0, 0.1) is 0 Å². The average molecular weight is 205 g/mol. The molecule has 14 heavy (non-hydrogen) atoms. The van der Waals surface area contributed by atoms with E-state index >= 15 is 0 Å². The number of pyridine rings is 1. The van der Waals surface area contributed by atoms with E-state index < -0.39 is 7.14 Å². The van der Waals surface area contributed by atoms with Gasteiger partial charge in [0.1, 0.15) is 7.14 Å². The van der Waals surface area contributed by atoms with Crippen LogP contribution in [0.5, 0.6) is 0 Å². The Labute approximate surface area is 83.4 Å². The number of aromatic nitrogens is 1. The van der Waals surface area contributed by atoms with Gasteiger partial charge in [-0.05, 0) is 25.5 Å². The van der Waals surface area contributed by atoms with E-state index in [2.05, 4.69) is 4.98 Å². The summed E-state index contributed by atoms with van der Waals surface area (Å²) >= 11 is 0. The van der Waals surface area contributed by atoms with Crippen LogP contribution in [-0.4, -0.2) is 18.3 Å². The summed E-state index contributed by atoms with van der Waals surface area (Å²) in [5.74, 6) is 0. The van der Waals surface area contributed by atoms with E-state index in [9.17, 15) is 4.57 Å². The van der Waals surface area contributed by atoms with Gasteiger partial charge in [0.15, 0.2) is 0 Å². The van der Waals surface area contributed by atoms with Crippen molar-refractivity contribution in [1.29, 1.82) is 0 Å². The highest BCUT2D eigenvalue weighted by atomic mass is 31.2. The van der Waals surface area contributed by atoms with Gasteiger partial charge in [-0.2, -0.15) is 0 Å². The SMILES string of the molecule is CP(C)(=O)c1cccc2ncccc12. The summed E-state index contributed by atoms with van der Waals surface area (Å²) in [7, 11) is -2.20. The Balaban J connectivity index is 2.85. The Morgan fingerprint density at radius 2 is 1.93 bits per heavy atom. The van der Waals surface area contributed by atoms with Crippen LogP contribution in [-0.2, 0) is 4.57 Å². The van der Waals surface area contributed by atoms with E-state index in [4.69, 9.17) is 0 Å². The van der Waals surface area contributed by atoms with Crippen molar-refractivity contribution in [2.75, 3.05) is 13.3 Å². The molecule has 0 radical (unpaired) electrons. The lowest BCUT2D eigenvalue weighted by Gasteiger charge is -2.09. The Bertz CT molecular complexity index is 510. The van der Waals surface area contributed by atoms with Gasteiger partial charge in [-0.1, -0.05) is 18.2 Å². The molecule has 72 valence electrons. The molecule has 0 bridgehead atoms. The first-order valence-electron chi connectivity index (χ1n) is 4.48. The van der Waals surface area contributed by atoms with Crippen LogP contribution in [0.15, 0.2) is 36.5 Å². The van der Waals surface area contributed by atoms with Gasteiger partial charge in [0.05, 0.1) is 5.52 Å². The molecular weight excluding hydrogens is 193 g/mol. The zero-order chi connectivity index (χ0) is 10.2. The molecule has 1 aromatic heterocycles. The summed E-state index contributed by atoms with van der Waals surface area (Å²) in [6.45, 7) is 3.57. The first-order chi connectivity index (χ1) is 6.59. The average Bonchev–Trinajstić information content (AvgIpc) is 2.15. The Morgan fingerprint density at radius 3 is 2.64 bits per heavy atom. The minimum atomic E-state index is -2.20. The van der Waals surface area contributed by atoms with Crippen LogP contribution < -0.4 is 5.30 Å². The van der Waals surface area contributed by atoms with Crippen molar-refractivity contribution in [1.82, 2.24) is 4.98 Å². The van der Waals surface area contributed by atoms with Crippen molar-refractivity contribution in [3.8, 4) is 0 Å². The van der Waals surface area contributed by atoms with E-state index in [0.29, 0.717) is 0 Å². The number of fused-ring (bicyclic) bond motifs is 1. The molecule has 2 rings (SSSR count). The molecule has 1 heterocycles. The topological polar surface area (TPSA) is 30.0 Å². The normalized spacial score (nSPS) is 11.9. The van der Waals surface area contributed by atoms with Gasteiger partial charge in [-0.15, -0.1) is 0 Å². The molecule has 0 atom stereocenters. The van der Waals surface area contributed by atoms with E-state index in [1.54, 1.807) is 19.5 Å². The lowest BCUT2D eigenvalue weighted by Crippen LogP contribution is -2.04. The fourth-order valence-electron chi connectivity index (χ4n) is 1.56. The first kappa shape index (κ1) is 9.42.